The summed E-state index contributed by atoms with van der Waals surface area (Å²) in [7, 11) is 2.10. The van der Waals surface area contributed by atoms with E-state index >= 15 is 0 Å². The van der Waals surface area contributed by atoms with Gasteiger partial charge < -0.3 is 5.11 Å². The fourth-order valence-corrected chi connectivity index (χ4v) is 3.17. The largest absolute Gasteiger partial charge is 0.393 e. The number of halogens is 1. The van der Waals surface area contributed by atoms with Gasteiger partial charge in [-0.25, -0.2) is 4.98 Å². The molecule has 1 aromatic heterocycles. The highest BCUT2D eigenvalue weighted by atomic mass is 35.5. The molecule has 1 N–H and O–H groups in total. The average molecular weight is 261 g/mol. The molecule has 1 aliphatic rings. The number of thiazole rings is 1. The van der Waals surface area contributed by atoms with Crippen LogP contribution in [0.15, 0.2) is 5.38 Å². The molecule has 3 nitrogen and oxygen atoms in total. The van der Waals surface area contributed by atoms with E-state index in [1.54, 1.807) is 11.3 Å². The molecule has 1 saturated carbocycles. The maximum absolute atomic E-state index is 9.21. The Morgan fingerprint density at radius 1 is 1.62 bits per heavy atom. The Bertz CT molecular complexity index is 338. The van der Waals surface area contributed by atoms with Gasteiger partial charge in [0.25, 0.3) is 0 Å². The van der Waals surface area contributed by atoms with Crippen LogP contribution in [-0.4, -0.2) is 34.7 Å². The molecule has 0 spiro atoms. The van der Waals surface area contributed by atoms with Gasteiger partial charge in [-0.2, -0.15) is 0 Å². The second-order valence-corrected chi connectivity index (χ2v) is 5.76. The van der Waals surface area contributed by atoms with Crippen LogP contribution in [0.2, 0.25) is 0 Å². The molecule has 1 fully saturated rings. The quantitative estimate of drug-likeness (QED) is 0.824. The first kappa shape index (κ1) is 12.3. The predicted molar refractivity (Wildman–Crippen MR) is 66.7 cm³/mol. The van der Waals surface area contributed by atoms with Crippen LogP contribution in [-0.2, 0) is 12.4 Å². The number of aromatic nitrogens is 1. The standard InChI is InChI=1S/C11H17ClN2OS/c1-14(5-8-2-10(15)3-8)6-11-13-9(4-12)7-16-11/h7-8,10,15H,2-6H2,1H3. The molecule has 1 heterocycles. The Kier molecular flexibility index (Phi) is 4.19. The van der Waals surface area contributed by atoms with E-state index in [-0.39, 0.29) is 6.10 Å². The molecule has 2 rings (SSSR count). The molecule has 16 heavy (non-hydrogen) atoms. The minimum atomic E-state index is -0.0545. The summed E-state index contributed by atoms with van der Waals surface area (Å²) in [6.07, 6.45) is 1.85. The summed E-state index contributed by atoms with van der Waals surface area (Å²) < 4.78 is 0. The van der Waals surface area contributed by atoms with Gasteiger partial charge in [0, 0.05) is 11.9 Å². The van der Waals surface area contributed by atoms with E-state index < -0.39 is 0 Å². The molecular formula is C11H17ClN2OS. The number of nitrogens with zero attached hydrogens (tertiary/aromatic N) is 2. The zero-order valence-corrected chi connectivity index (χ0v) is 11.0. The third kappa shape index (κ3) is 3.17. The maximum atomic E-state index is 9.21. The van der Waals surface area contributed by atoms with E-state index in [1.807, 2.05) is 5.38 Å². The Hall–Kier alpha value is -0.160. The number of alkyl halides is 1. The van der Waals surface area contributed by atoms with E-state index in [1.165, 1.54) is 0 Å². The van der Waals surface area contributed by atoms with E-state index in [9.17, 15) is 5.11 Å². The topological polar surface area (TPSA) is 36.4 Å². The summed E-state index contributed by atoms with van der Waals surface area (Å²) in [5.41, 5.74) is 0.967. The molecule has 0 aromatic carbocycles. The van der Waals surface area contributed by atoms with Crippen LogP contribution in [0.1, 0.15) is 23.5 Å². The van der Waals surface area contributed by atoms with E-state index in [0.717, 1.165) is 36.6 Å². The number of hydrogen-bond acceptors (Lipinski definition) is 4. The maximum Gasteiger partial charge on any atom is 0.107 e. The van der Waals surface area contributed by atoms with Crippen molar-refractivity contribution in [1.29, 1.82) is 0 Å². The highest BCUT2D eigenvalue weighted by molar-refractivity contribution is 7.09. The first-order chi connectivity index (χ1) is 7.67. The van der Waals surface area contributed by atoms with Crippen molar-refractivity contribution in [1.82, 2.24) is 9.88 Å². The fraction of sp³-hybridized carbons (Fsp3) is 0.727. The van der Waals surface area contributed by atoms with Crippen molar-refractivity contribution in [2.45, 2.75) is 31.4 Å². The van der Waals surface area contributed by atoms with Gasteiger partial charge in [-0.15, -0.1) is 22.9 Å². The van der Waals surface area contributed by atoms with Crippen molar-refractivity contribution < 1.29 is 5.11 Å². The van der Waals surface area contributed by atoms with Gasteiger partial charge in [0.1, 0.15) is 5.01 Å². The minimum absolute atomic E-state index is 0.0545. The van der Waals surface area contributed by atoms with Crippen molar-refractivity contribution in [3.63, 3.8) is 0 Å². The fourth-order valence-electron chi connectivity index (χ4n) is 2.07. The average Bonchev–Trinajstić information content (AvgIpc) is 2.63. The monoisotopic (exact) mass is 260 g/mol. The number of hydrogen-bond donors (Lipinski definition) is 1. The van der Waals surface area contributed by atoms with Crippen molar-refractivity contribution >= 4 is 22.9 Å². The molecule has 0 saturated heterocycles. The van der Waals surface area contributed by atoms with Crippen molar-refractivity contribution in [3.8, 4) is 0 Å². The van der Waals surface area contributed by atoms with Gasteiger partial charge in [-0.3, -0.25) is 4.90 Å². The zero-order valence-electron chi connectivity index (χ0n) is 9.40. The second-order valence-electron chi connectivity index (χ2n) is 4.55. The van der Waals surface area contributed by atoms with E-state index in [4.69, 9.17) is 11.6 Å². The zero-order chi connectivity index (χ0) is 11.5. The second kappa shape index (κ2) is 5.45. The summed E-state index contributed by atoms with van der Waals surface area (Å²) >= 11 is 7.38. The highest BCUT2D eigenvalue weighted by Gasteiger charge is 2.27. The van der Waals surface area contributed by atoms with Gasteiger partial charge in [0.15, 0.2) is 0 Å². The molecule has 0 aliphatic heterocycles. The molecule has 1 aromatic rings. The molecule has 0 bridgehead atoms. The number of rotatable bonds is 5. The molecular weight excluding hydrogens is 244 g/mol. The van der Waals surface area contributed by atoms with E-state index in [2.05, 4.69) is 16.9 Å². The third-order valence-electron chi connectivity index (χ3n) is 2.92. The molecule has 0 amide bonds. The summed E-state index contributed by atoms with van der Waals surface area (Å²) in [6, 6.07) is 0. The molecule has 90 valence electrons. The molecule has 0 unspecified atom stereocenters. The lowest BCUT2D eigenvalue weighted by Gasteiger charge is -2.34. The highest BCUT2D eigenvalue weighted by Crippen LogP contribution is 2.28. The van der Waals surface area contributed by atoms with Crippen LogP contribution < -0.4 is 0 Å². The van der Waals surface area contributed by atoms with Crippen molar-refractivity contribution in [2.75, 3.05) is 13.6 Å². The SMILES string of the molecule is CN(Cc1nc(CCl)cs1)CC1CC(O)C1. The van der Waals surface area contributed by atoms with Crippen LogP contribution in [0.5, 0.6) is 0 Å². The molecule has 0 atom stereocenters. The summed E-state index contributed by atoms with van der Waals surface area (Å²) in [5, 5.41) is 12.4. The first-order valence-electron chi connectivity index (χ1n) is 5.53. The van der Waals surface area contributed by atoms with Crippen molar-refractivity contribution in [2.24, 2.45) is 5.92 Å². The normalized spacial score (nSPS) is 24.8. The smallest absolute Gasteiger partial charge is 0.107 e. The Morgan fingerprint density at radius 2 is 2.38 bits per heavy atom. The molecule has 5 heteroatoms. The van der Waals surface area contributed by atoms with Gasteiger partial charge in [-0.05, 0) is 25.8 Å². The van der Waals surface area contributed by atoms with Crippen LogP contribution in [0.25, 0.3) is 0 Å². The lowest BCUT2D eigenvalue weighted by molar-refractivity contribution is 0.0274. The van der Waals surface area contributed by atoms with Crippen LogP contribution >= 0.6 is 22.9 Å². The van der Waals surface area contributed by atoms with Crippen LogP contribution in [0.4, 0.5) is 0 Å². The lowest BCUT2D eigenvalue weighted by Crippen LogP contribution is -2.36. The summed E-state index contributed by atoms with van der Waals surface area (Å²) in [4.78, 5) is 6.70. The number of aliphatic hydroxyl groups excluding tert-OH is 1. The molecule has 1 aliphatic carbocycles. The third-order valence-corrected chi connectivity index (χ3v) is 4.08. The van der Waals surface area contributed by atoms with Crippen LogP contribution in [0, 0.1) is 5.92 Å². The minimum Gasteiger partial charge on any atom is -0.393 e. The summed E-state index contributed by atoms with van der Waals surface area (Å²) in [5.74, 6) is 1.15. The first-order valence-corrected chi connectivity index (χ1v) is 6.94. The predicted octanol–water partition coefficient (Wildman–Crippen LogP) is 2.08. The summed E-state index contributed by atoms with van der Waals surface area (Å²) in [6.45, 7) is 1.93. The molecule has 0 radical (unpaired) electrons. The Labute approximate surface area is 105 Å². The van der Waals surface area contributed by atoms with Gasteiger partial charge in [0.2, 0.25) is 0 Å². The van der Waals surface area contributed by atoms with Crippen LogP contribution in [0.3, 0.4) is 0 Å². The van der Waals surface area contributed by atoms with E-state index in [0.29, 0.717) is 11.8 Å². The van der Waals surface area contributed by atoms with Gasteiger partial charge >= 0.3 is 0 Å². The lowest BCUT2D eigenvalue weighted by atomic mass is 9.82. The van der Waals surface area contributed by atoms with Crippen molar-refractivity contribution in [3.05, 3.63) is 16.1 Å². The van der Waals surface area contributed by atoms with Gasteiger partial charge in [0.05, 0.1) is 24.2 Å². The Balaban J connectivity index is 1.76. The van der Waals surface area contributed by atoms with Gasteiger partial charge in [-0.1, -0.05) is 0 Å². The number of aliphatic hydroxyl groups is 1. The Morgan fingerprint density at radius 3 is 2.94 bits per heavy atom.